The summed E-state index contributed by atoms with van der Waals surface area (Å²) in [7, 11) is 3.16. The van der Waals surface area contributed by atoms with E-state index in [1.807, 2.05) is 12.1 Å². The zero-order valence-corrected chi connectivity index (χ0v) is 14.2. The smallest absolute Gasteiger partial charge is 0.336 e. The number of hydrogen-bond donors (Lipinski definition) is 0. The Balaban J connectivity index is 2.19. The molecule has 0 bridgehead atoms. The fraction of sp³-hybridized carbons (Fsp3) is 0.444. The van der Waals surface area contributed by atoms with Crippen LogP contribution >= 0.6 is 0 Å². The van der Waals surface area contributed by atoms with Gasteiger partial charge in [0.05, 0.1) is 32.1 Å². The van der Waals surface area contributed by atoms with Gasteiger partial charge in [0, 0.05) is 18.5 Å². The molecule has 6 heteroatoms. The molecule has 0 fully saturated rings. The number of amides is 1. The van der Waals surface area contributed by atoms with Crippen molar-refractivity contribution < 1.29 is 23.8 Å². The highest BCUT2D eigenvalue weighted by Crippen LogP contribution is 2.41. The summed E-state index contributed by atoms with van der Waals surface area (Å²) >= 11 is 0. The predicted octanol–water partition coefficient (Wildman–Crippen LogP) is 2.16. The van der Waals surface area contributed by atoms with Crippen molar-refractivity contribution in [3.63, 3.8) is 0 Å². The van der Waals surface area contributed by atoms with Crippen LogP contribution in [0.4, 0.5) is 0 Å². The molecule has 24 heavy (non-hydrogen) atoms. The molecule has 1 aromatic rings. The second-order valence-electron chi connectivity index (χ2n) is 5.71. The number of ether oxygens (including phenoxy) is 3. The highest BCUT2D eigenvalue weighted by molar-refractivity contribution is 6.04. The quantitative estimate of drug-likeness (QED) is 0.791. The van der Waals surface area contributed by atoms with E-state index in [0.29, 0.717) is 55.2 Å². The lowest BCUT2D eigenvalue weighted by atomic mass is 9.88. The van der Waals surface area contributed by atoms with Gasteiger partial charge in [0.2, 0.25) is 5.91 Å². The Hall–Kier alpha value is -2.50. The van der Waals surface area contributed by atoms with Gasteiger partial charge in [-0.05, 0) is 37.5 Å². The third-order valence-corrected chi connectivity index (χ3v) is 4.44. The fourth-order valence-corrected chi connectivity index (χ4v) is 3.31. The van der Waals surface area contributed by atoms with Crippen LogP contribution in [0.2, 0.25) is 0 Å². The highest BCUT2D eigenvalue weighted by atomic mass is 16.5. The van der Waals surface area contributed by atoms with E-state index in [1.54, 1.807) is 26.0 Å². The molecule has 0 unspecified atom stereocenters. The normalized spacial score (nSPS) is 16.5. The van der Waals surface area contributed by atoms with Crippen LogP contribution < -0.4 is 9.47 Å². The minimum absolute atomic E-state index is 0.0403. The first-order valence-electron chi connectivity index (χ1n) is 8.06. The third kappa shape index (κ3) is 2.62. The Morgan fingerprint density at radius 3 is 2.50 bits per heavy atom. The molecule has 0 spiro atoms. The molecule has 0 N–H and O–H groups in total. The lowest BCUT2D eigenvalue weighted by Crippen LogP contribution is -2.39. The number of esters is 1. The molecule has 0 saturated carbocycles. The van der Waals surface area contributed by atoms with E-state index >= 15 is 0 Å². The van der Waals surface area contributed by atoms with Gasteiger partial charge >= 0.3 is 5.97 Å². The van der Waals surface area contributed by atoms with Gasteiger partial charge in [-0.25, -0.2) is 4.79 Å². The van der Waals surface area contributed by atoms with Gasteiger partial charge in [0.25, 0.3) is 0 Å². The van der Waals surface area contributed by atoms with Gasteiger partial charge < -0.3 is 19.1 Å². The molecule has 6 nitrogen and oxygen atoms in total. The summed E-state index contributed by atoms with van der Waals surface area (Å²) in [6.07, 6.45) is 1.44. The van der Waals surface area contributed by atoms with Gasteiger partial charge in [-0.1, -0.05) is 0 Å². The van der Waals surface area contributed by atoms with E-state index in [-0.39, 0.29) is 11.9 Å². The summed E-state index contributed by atoms with van der Waals surface area (Å²) in [5, 5.41) is 0. The van der Waals surface area contributed by atoms with E-state index in [0.717, 1.165) is 11.1 Å². The first-order valence-corrected chi connectivity index (χ1v) is 8.06. The van der Waals surface area contributed by atoms with E-state index in [2.05, 4.69) is 0 Å². The molecule has 2 heterocycles. The van der Waals surface area contributed by atoms with Crippen LogP contribution in [0, 0.1) is 0 Å². The molecule has 1 amide bonds. The van der Waals surface area contributed by atoms with E-state index in [9.17, 15) is 9.59 Å². The van der Waals surface area contributed by atoms with Gasteiger partial charge in [0.15, 0.2) is 11.5 Å². The van der Waals surface area contributed by atoms with Gasteiger partial charge in [-0.3, -0.25) is 4.79 Å². The molecule has 3 rings (SSSR count). The van der Waals surface area contributed by atoms with Crippen LogP contribution in [0.25, 0.3) is 5.70 Å². The van der Waals surface area contributed by atoms with E-state index in [1.165, 1.54) is 0 Å². The summed E-state index contributed by atoms with van der Waals surface area (Å²) in [5.74, 6) is 0.906. The third-order valence-electron chi connectivity index (χ3n) is 4.44. The van der Waals surface area contributed by atoms with Crippen molar-refractivity contribution in [3.8, 4) is 11.5 Å². The average molecular weight is 331 g/mol. The standard InChI is InChI=1S/C18H21NO5/c1-4-24-18(21)12-5-6-16(20)19-8-7-11-9-14(22-2)15(23-3)10-13(11)17(12)19/h9-10H,4-8H2,1-3H3. The minimum Gasteiger partial charge on any atom is -0.493 e. The molecular formula is C18H21NO5. The number of fused-ring (bicyclic) bond motifs is 3. The monoisotopic (exact) mass is 331 g/mol. The molecule has 0 saturated heterocycles. The Kier molecular flexibility index (Phi) is 4.46. The van der Waals surface area contributed by atoms with Crippen LogP contribution in [0.15, 0.2) is 17.7 Å². The van der Waals surface area contributed by atoms with E-state index in [4.69, 9.17) is 14.2 Å². The molecule has 1 aromatic carbocycles. The summed E-state index contributed by atoms with van der Waals surface area (Å²) in [6.45, 7) is 2.64. The van der Waals surface area contributed by atoms with Crippen LogP contribution in [-0.4, -0.2) is 44.1 Å². The topological polar surface area (TPSA) is 65.1 Å². The Bertz CT molecular complexity index is 722. The zero-order valence-electron chi connectivity index (χ0n) is 14.2. The molecule has 2 aliphatic heterocycles. The Labute approximate surface area is 141 Å². The van der Waals surface area contributed by atoms with Crippen LogP contribution in [0.5, 0.6) is 11.5 Å². The maximum absolute atomic E-state index is 12.4. The van der Waals surface area contributed by atoms with Gasteiger partial charge in [-0.15, -0.1) is 0 Å². The van der Waals surface area contributed by atoms with Crippen molar-refractivity contribution in [2.75, 3.05) is 27.4 Å². The predicted molar refractivity (Wildman–Crippen MR) is 87.8 cm³/mol. The number of hydrogen-bond acceptors (Lipinski definition) is 5. The molecule has 0 aliphatic carbocycles. The van der Waals surface area contributed by atoms with Crippen molar-refractivity contribution in [1.29, 1.82) is 0 Å². The van der Waals surface area contributed by atoms with Gasteiger partial charge in [-0.2, -0.15) is 0 Å². The van der Waals surface area contributed by atoms with Crippen LogP contribution in [0.3, 0.4) is 0 Å². The number of rotatable bonds is 4. The number of benzene rings is 1. The molecule has 2 aliphatic rings. The zero-order chi connectivity index (χ0) is 17.3. The number of carbonyl (C=O) groups excluding carboxylic acids is 2. The molecule has 128 valence electrons. The molecule has 0 atom stereocenters. The largest absolute Gasteiger partial charge is 0.493 e. The maximum Gasteiger partial charge on any atom is 0.336 e. The Morgan fingerprint density at radius 2 is 1.83 bits per heavy atom. The number of methoxy groups -OCH3 is 2. The van der Waals surface area contributed by atoms with Crippen molar-refractivity contribution in [2.45, 2.75) is 26.2 Å². The van der Waals surface area contributed by atoms with Crippen molar-refractivity contribution in [2.24, 2.45) is 0 Å². The summed E-state index contributed by atoms with van der Waals surface area (Å²) in [5.41, 5.74) is 3.10. The maximum atomic E-state index is 12.4. The number of nitrogens with zero attached hydrogens (tertiary/aromatic N) is 1. The van der Waals surface area contributed by atoms with Crippen molar-refractivity contribution >= 4 is 17.6 Å². The summed E-state index contributed by atoms with van der Waals surface area (Å²) in [6, 6.07) is 3.76. The van der Waals surface area contributed by atoms with Gasteiger partial charge in [0.1, 0.15) is 0 Å². The van der Waals surface area contributed by atoms with E-state index < -0.39 is 0 Å². The van der Waals surface area contributed by atoms with Crippen LogP contribution in [0.1, 0.15) is 30.9 Å². The first-order chi connectivity index (χ1) is 11.6. The van der Waals surface area contributed by atoms with Crippen molar-refractivity contribution in [1.82, 2.24) is 4.90 Å². The average Bonchev–Trinajstić information content (AvgIpc) is 2.60. The fourth-order valence-electron chi connectivity index (χ4n) is 3.31. The highest BCUT2D eigenvalue weighted by Gasteiger charge is 2.35. The molecule has 0 aromatic heterocycles. The lowest BCUT2D eigenvalue weighted by Gasteiger charge is -2.36. The lowest BCUT2D eigenvalue weighted by molar-refractivity contribution is -0.139. The first kappa shape index (κ1) is 16.4. The molecule has 0 radical (unpaired) electrons. The van der Waals surface area contributed by atoms with Crippen LogP contribution in [-0.2, 0) is 20.7 Å². The molecular weight excluding hydrogens is 310 g/mol. The summed E-state index contributed by atoms with van der Waals surface area (Å²) < 4.78 is 15.9. The SMILES string of the molecule is CCOC(=O)C1=C2c3cc(OC)c(OC)cc3CCN2C(=O)CC1. The van der Waals surface area contributed by atoms with Crippen molar-refractivity contribution in [3.05, 3.63) is 28.8 Å². The second-order valence-corrected chi connectivity index (χ2v) is 5.71. The number of carbonyl (C=O) groups is 2. The second kappa shape index (κ2) is 6.55. The Morgan fingerprint density at radius 1 is 1.12 bits per heavy atom. The summed E-state index contributed by atoms with van der Waals surface area (Å²) in [4.78, 5) is 26.4. The minimum atomic E-state index is -0.354.